The van der Waals surface area contributed by atoms with Crippen LogP contribution in [0.25, 0.3) is 5.69 Å². The minimum Gasteiger partial charge on any atom is -0.480 e. The number of halogens is 2. The van der Waals surface area contributed by atoms with Gasteiger partial charge in [-0.3, -0.25) is 4.79 Å². The molecule has 0 radical (unpaired) electrons. The van der Waals surface area contributed by atoms with Gasteiger partial charge in [0.25, 0.3) is 5.91 Å². The van der Waals surface area contributed by atoms with Gasteiger partial charge in [-0.2, -0.15) is 0 Å². The van der Waals surface area contributed by atoms with Crippen molar-refractivity contribution >= 4 is 23.5 Å². The summed E-state index contributed by atoms with van der Waals surface area (Å²) in [6, 6.07) is 3.27. The van der Waals surface area contributed by atoms with Crippen molar-refractivity contribution in [1.29, 1.82) is 0 Å². The van der Waals surface area contributed by atoms with Gasteiger partial charge >= 0.3 is 5.97 Å². The summed E-state index contributed by atoms with van der Waals surface area (Å²) in [5.74, 6) is -2.87. The quantitative estimate of drug-likeness (QED) is 0.866. The molecule has 23 heavy (non-hydrogen) atoms. The van der Waals surface area contributed by atoms with Crippen LogP contribution in [0.15, 0.2) is 24.4 Å². The zero-order chi connectivity index (χ0) is 17.1. The van der Waals surface area contributed by atoms with E-state index in [1.807, 2.05) is 0 Å². The highest BCUT2D eigenvalue weighted by atomic mass is 35.5. The third-order valence-electron chi connectivity index (χ3n) is 3.12. The van der Waals surface area contributed by atoms with Crippen molar-refractivity contribution in [3.05, 3.63) is 40.9 Å². The highest BCUT2D eigenvalue weighted by molar-refractivity contribution is 6.30. The normalized spacial score (nSPS) is 12.2. The Morgan fingerprint density at radius 2 is 2.09 bits per heavy atom. The number of rotatable bonds is 5. The maximum absolute atomic E-state index is 13.9. The number of carboxylic acids is 1. The lowest BCUT2D eigenvalue weighted by Crippen LogP contribution is -2.44. The first-order chi connectivity index (χ1) is 10.8. The van der Waals surface area contributed by atoms with Crippen LogP contribution in [0.2, 0.25) is 5.02 Å². The lowest BCUT2D eigenvalue weighted by molar-refractivity contribution is -0.140. The molecule has 0 unspecified atom stereocenters. The number of nitrogens with one attached hydrogen (secondary N) is 1. The van der Waals surface area contributed by atoms with Crippen LogP contribution in [0, 0.1) is 11.7 Å². The highest BCUT2D eigenvalue weighted by Crippen LogP contribution is 2.20. The maximum atomic E-state index is 13.9. The molecule has 1 atom stereocenters. The fraction of sp³-hybridized carbons (Fsp3) is 0.286. The van der Waals surface area contributed by atoms with E-state index in [2.05, 4.69) is 15.6 Å². The summed E-state index contributed by atoms with van der Waals surface area (Å²) in [7, 11) is 0. The molecule has 1 aromatic carbocycles. The van der Waals surface area contributed by atoms with Gasteiger partial charge in [0, 0.05) is 0 Å². The molecular weight excluding hydrogens is 327 g/mol. The molecule has 0 aliphatic heterocycles. The predicted octanol–water partition coefficient (Wildman–Crippen LogP) is 1.90. The number of carbonyl (C=O) groups is 2. The number of amides is 1. The van der Waals surface area contributed by atoms with E-state index in [0.717, 1.165) is 4.68 Å². The molecule has 0 aliphatic carbocycles. The van der Waals surface area contributed by atoms with Gasteiger partial charge in [0.1, 0.15) is 11.7 Å². The van der Waals surface area contributed by atoms with Crippen molar-refractivity contribution in [3.8, 4) is 5.69 Å². The summed E-state index contributed by atoms with van der Waals surface area (Å²) in [5.41, 5.74) is -0.0982. The molecule has 0 aliphatic rings. The lowest BCUT2D eigenvalue weighted by Gasteiger charge is -2.16. The van der Waals surface area contributed by atoms with Gasteiger partial charge in [0.15, 0.2) is 11.5 Å². The second kappa shape index (κ2) is 6.74. The standard InChI is InChI=1S/C14H14ClFN4O3/c1-7(2)12(14(22)23)17-13(21)9-6-20(19-18-9)10-5-3-4-8(15)11(10)16/h3-7,12H,1-2H3,(H,17,21)(H,22,23)/t12-/m0/s1. The number of hydrogen-bond acceptors (Lipinski definition) is 4. The molecule has 0 saturated carbocycles. The molecule has 0 fully saturated rings. The zero-order valence-corrected chi connectivity index (χ0v) is 13.1. The Labute approximate surface area is 136 Å². The van der Waals surface area contributed by atoms with Crippen LogP contribution in [-0.2, 0) is 4.79 Å². The Balaban J connectivity index is 2.23. The van der Waals surface area contributed by atoms with Crippen LogP contribution in [0.1, 0.15) is 24.3 Å². The Hall–Kier alpha value is -2.48. The third-order valence-corrected chi connectivity index (χ3v) is 3.42. The van der Waals surface area contributed by atoms with Crippen molar-refractivity contribution in [2.24, 2.45) is 5.92 Å². The van der Waals surface area contributed by atoms with E-state index < -0.39 is 23.7 Å². The Morgan fingerprint density at radius 3 is 2.70 bits per heavy atom. The number of aliphatic carboxylic acids is 1. The molecule has 2 aromatic rings. The topological polar surface area (TPSA) is 97.1 Å². The van der Waals surface area contributed by atoms with Gasteiger partial charge in [-0.05, 0) is 18.1 Å². The van der Waals surface area contributed by atoms with E-state index in [-0.39, 0.29) is 22.3 Å². The van der Waals surface area contributed by atoms with Crippen LogP contribution in [0.5, 0.6) is 0 Å². The summed E-state index contributed by atoms with van der Waals surface area (Å²) >= 11 is 5.69. The lowest BCUT2D eigenvalue weighted by atomic mass is 10.0. The van der Waals surface area contributed by atoms with Crippen LogP contribution in [-0.4, -0.2) is 38.0 Å². The summed E-state index contributed by atoms with van der Waals surface area (Å²) in [5, 5.41) is 18.6. The number of carbonyl (C=O) groups excluding carboxylic acids is 1. The van der Waals surface area contributed by atoms with Gasteiger partial charge in [0.05, 0.1) is 11.2 Å². The molecular formula is C14H14ClFN4O3. The molecule has 2 N–H and O–H groups in total. The van der Waals surface area contributed by atoms with Gasteiger partial charge in [-0.15, -0.1) is 5.10 Å². The molecule has 122 valence electrons. The fourth-order valence-corrected chi connectivity index (χ4v) is 2.05. The van der Waals surface area contributed by atoms with Crippen molar-refractivity contribution in [3.63, 3.8) is 0 Å². The first kappa shape index (κ1) is 16.9. The van der Waals surface area contributed by atoms with Crippen LogP contribution in [0.3, 0.4) is 0 Å². The average Bonchev–Trinajstić information content (AvgIpc) is 2.96. The zero-order valence-electron chi connectivity index (χ0n) is 12.3. The van der Waals surface area contributed by atoms with E-state index in [0.29, 0.717) is 0 Å². The van der Waals surface area contributed by atoms with Crippen molar-refractivity contribution in [2.45, 2.75) is 19.9 Å². The minimum absolute atomic E-state index is 0.0303. The molecule has 1 heterocycles. The number of aromatic nitrogens is 3. The van der Waals surface area contributed by atoms with E-state index in [4.69, 9.17) is 16.7 Å². The average molecular weight is 341 g/mol. The molecule has 0 spiro atoms. The molecule has 0 bridgehead atoms. The van der Waals surface area contributed by atoms with Gasteiger partial charge in [0.2, 0.25) is 0 Å². The van der Waals surface area contributed by atoms with E-state index in [1.165, 1.54) is 24.4 Å². The fourth-order valence-electron chi connectivity index (χ4n) is 1.88. The molecule has 7 nitrogen and oxygen atoms in total. The highest BCUT2D eigenvalue weighted by Gasteiger charge is 2.25. The summed E-state index contributed by atoms with van der Waals surface area (Å²) in [6.45, 7) is 3.33. The monoisotopic (exact) mass is 340 g/mol. The van der Waals surface area contributed by atoms with Gasteiger partial charge < -0.3 is 10.4 Å². The van der Waals surface area contributed by atoms with Gasteiger partial charge in [-0.25, -0.2) is 13.9 Å². The number of carboxylic acid groups (broad SMARTS) is 1. The molecule has 2 rings (SSSR count). The molecule has 1 amide bonds. The smallest absolute Gasteiger partial charge is 0.326 e. The van der Waals surface area contributed by atoms with E-state index in [9.17, 15) is 14.0 Å². The first-order valence-corrected chi connectivity index (χ1v) is 7.09. The largest absolute Gasteiger partial charge is 0.480 e. The maximum Gasteiger partial charge on any atom is 0.326 e. The Kier molecular flexibility index (Phi) is 4.95. The Bertz CT molecular complexity index is 747. The van der Waals surface area contributed by atoms with Crippen LogP contribution < -0.4 is 5.32 Å². The SMILES string of the molecule is CC(C)[C@H](NC(=O)c1cn(-c2cccc(Cl)c2F)nn1)C(=O)O. The third kappa shape index (κ3) is 3.65. The van der Waals surface area contributed by atoms with Crippen LogP contribution in [0.4, 0.5) is 4.39 Å². The minimum atomic E-state index is -1.15. The van der Waals surface area contributed by atoms with Crippen molar-refractivity contribution in [1.82, 2.24) is 20.3 Å². The molecule has 1 aromatic heterocycles. The summed E-state index contributed by atoms with van der Waals surface area (Å²) in [4.78, 5) is 23.1. The number of benzene rings is 1. The van der Waals surface area contributed by atoms with Crippen molar-refractivity contribution in [2.75, 3.05) is 0 Å². The van der Waals surface area contributed by atoms with E-state index in [1.54, 1.807) is 13.8 Å². The number of nitrogens with zero attached hydrogens (tertiary/aromatic N) is 3. The molecule has 9 heteroatoms. The summed E-state index contributed by atoms with van der Waals surface area (Å²) < 4.78 is 15.0. The van der Waals surface area contributed by atoms with Gasteiger partial charge in [-0.1, -0.05) is 36.7 Å². The predicted molar refractivity (Wildman–Crippen MR) is 80.1 cm³/mol. The second-order valence-corrected chi connectivity index (χ2v) is 5.56. The summed E-state index contributed by atoms with van der Waals surface area (Å²) in [6.07, 6.45) is 1.20. The Morgan fingerprint density at radius 1 is 1.39 bits per heavy atom. The molecule has 0 saturated heterocycles. The van der Waals surface area contributed by atoms with Crippen molar-refractivity contribution < 1.29 is 19.1 Å². The number of hydrogen-bond donors (Lipinski definition) is 2. The second-order valence-electron chi connectivity index (χ2n) is 5.15. The van der Waals surface area contributed by atoms with Crippen LogP contribution >= 0.6 is 11.6 Å². The van der Waals surface area contributed by atoms with E-state index >= 15 is 0 Å². The first-order valence-electron chi connectivity index (χ1n) is 6.71.